The third-order valence-corrected chi connectivity index (χ3v) is 6.27. The minimum absolute atomic E-state index is 0.400. The average Bonchev–Trinajstić information content (AvgIpc) is 3.27. The molecular formula is C17H32N2. The smallest absolute Gasteiger partial charge is 0.0335 e. The molecule has 0 amide bonds. The zero-order chi connectivity index (χ0) is 13.3. The first-order valence-corrected chi connectivity index (χ1v) is 8.72. The molecule has 1 N–H and O–H groups in total. The number of rotatable bonds is 4. The van der Waals surface area contributed by atoms with Crippen LogP contribution in [0.25, 0.3) is 0 Å². The van der Waals surface area contributed by atoms with Gasteiger partial charge < -0.3 is 5.32 Å². The Labute approximate surface area is 119 Å². The molecule has 110 valence electrons. The monoisotopic (exact) mass is 264 g/mol. The predicted octanol–water partition coefficient (Wildman–Crippen LogP) is 3.56. The number of hydrogen-bond acceptors (Lipinski definition) is 2. The summed E-state index contributed by atoms with van der Waals surface area (Å²) in [5.74, 6) is 1.03. The van der Waals surface area contributed by atoms with Crippen molar-refractivity contribution >= 4 is 0 Å². The summed E-state index contributed by atoms with van der Waals surface area (Å²) in [7, 11) is 0. The molecule has 2 nitrogen and oxygen atoms in total. The second-order valence-corrected chi connectivity index (χ2v) is 7.45. The summed E-state index contributed by atoms with van der Waals surface area (Å²) in [4.78, 5) is 2.94. The minimum atomic E-state index is 0.400. The molecule has 2 heteroatoms. The van der Waals surface area contributed by atoms with E-state index < -0.39 is 0 Å². The zero-order valence-electron chi connectivity index (χ0n) is 13.0. The third-order valence-electron chi connectivity index (χ3n) is 6.27. The molecule has 0 aromatic rings. The van der Waals surface area contributed by atoms with Gasteiger partial charge in [0.25, 0.3) is 0 Å². The molecule has 0 radical (unpaired) electrons. The molecule has 3 rings (SSSR count). The van der Waals surface area contributed by atoms with Crippen molar-refractivity contribution in [3.63, 3.8) is 0 Å². The van der Waals surface area contributed by atoms with Gasteiger partial charge in [-0.25, -0.2) is 0 Å². The molecule has 2 saturated carbocycles. The molecule has 1 saturated heterocycles. The first kappa shape index (κ1) is 13.9. The van der Waals surface area contributed by atoms with Crippen LogP contribution in [0.1, 0.15) is 71.6 Å². The summed E-state index contributed by atoms with van der Waals surface area (Å²) in [5, 5.41) is 3.97. The van der Waals surface area contributed by atoms with E-state index in [9.17, 15) is 0 Å². The molecular weight excluding hydrogens is 232 g/mol. The molecule has 1 heterocycles. The summed E-state index contributed by atoms with van der Waals surface area (Å²) in [5.41, 5.74) is 0.923. The quantitative estimate of drug-likeness (QED) is 0.835. The van der Waals surface area contributed by atoms with Gasteiger partial charge in [0.15, 0.2) is 0 Å². The lowest BCUT2D eigenvalue weighted by molar-refractivity contribution is -0.0245. The van der Waals surface area contributed by atoms with Crippen molar-refractivity contribution in [2.45, 2.75) is 82.7 Å². The van der Waals surface area contributed by atoms with Crippen LogP contribution in [0.5, 0.6) is 0 Å². The molecule has 0 aromatic carbocycles. The first-order chi connectivity index (χ1) is 9.22. The lowest BCUT2D eigenvalue weighted by atomic mass is 9.75. The Bertz CT molecular complexity index is 298. The number of nitrogens with one attached hydrogen (secondary N) is 1. The average molecular weight is 264 g/mol. The van der Waals surface area contributed by atoms with Gasteiger partial charge >= 0.3 is 0 Å². The van der Waals surface area contributed by atoms with Crippen LogP contribution < -0.4 is 5.32 Å². The van der Waals surface area contributed by atoms with E-state index in [1.807, 2.05) is 0 Å². The predicted molar refractivity (Wildman–Crippen MR) is 81.4 cm³/mol. The van der Waals surface area contributed by atoms with Gasteiger partial charge in [0, 0.05) is 30.7 Å². The lowest BCUT2D eigenvalue weighted by Crippen LogP contribution is -2.70. The Kier molecular flexibility index (Phi) is 3.92. The number of piperazine rings is 1. The van der Waals surface area contributed by atoms with Crippen LogP contribution in [0.4, 0.5) is 0 Å². The van der Waals surface area contributed by atoms with Crippen LogP contribution >= 0.6 is 0 Å². The molecule has 0 aromatic heterocycles. The highest BCUT2D eigenvalue weighted by Gasteiger charge is 2.47. The van der Waals surface area contributed by atoms with Gasteiger partial charge in [-0.3, -0.25) is 4.90 Å². The van der Waals surface area contributed by atoms with Crippen molar-refractivity contribution in [2.24, 2.45) is 5.92 Å². The van der Waals surface area contributed by atoms with Gasteiger partial charge in [0.05, 0.1) is 0 Å². The highest BCUT2D eigenvalue weighted by molar-refractivity contribution is 5.06. The van der Waals surface area contributed by atoms with Crippen LogP contribution in [-0.4, -0.2) is 35.6 Å². The SMILES string of the molecule is CCC1(CC)CN(CC2CC2)C2(CCCCC2)CN1. The van der Waals surface area contributed by atoms with E-state index in [1.54, 1.807) is 0 Å². The third kappa shape index (κ3) is 2.71. The molecule has 19 heavy (non-hydrogen) atoms. The van der Waals surface area contributed by atoms with Crippen molar-refractivity contribution in [1.82, 2.24) is 10.2 Å². The van der Waals surface area contributed by atoms with Crippen molar-refractivity contribution in [2.75, 3.05) is 19.6 Å². The molecule has 1 spiro atoms. The van der Waals surface area contributed by atoms with Crippen molar-refractivity contribution in [1.29, 1.82) is 0 Å². The Morgan fingerprint density at radius 3 is 2.32 bits per heavy atom. The summed E-state index contributed by atoms with van der Waals surface area (Å²) in [6, 6.07) is 0. The van der Waals surface area contributed by atoms with Crippen LogP contribution in [0, 0.1) is 5.92 Å². The normalized spacial score (nSPS) is 30.6. The van der Waals surface area contributed by atoms with Crippen LogP contribution in [0.3, 0.4) is 0 Å². The zero-order valence-corrected chi connectivity index (χ0v) is 13.0. The van der Waals surface area contributed by atoms with Crippen LogP contribution in [-0.2, 0) is 0 Å². The van der Waals surface area contributed by atoms with Crippen molar-refractivity contribution < 1.29 is 0 Å². The summed E-state index contributed by atoms with van der Waals surface area (Å²) >= 11 is 0. The summed E-state index contributed by atoms with van der Waals surface area (Å²) in [6.07, 6.45) is 12.8. The fourth-order valence-corrected chi connectivity index (χ4v) is 4.35. The summed E-state index contributed by atoms with van der Waals surface area (Å²) < 4.78 is 0. The van der Waals surface area contributed by atoms with Crippen molar-refractivity contribution in [3.05, 3.63) is 0 Å². The number of nitrogens with zero attached hydrogens (tertiary/aromatic N) is 1. The van der Waals surface area contributed by atoms with Gasteiger partial charge in [-0.2, -0.15) is 0 Å². The van der Waals surface area contributed by atoms with E-state index in [0.29, 0.717) is 11.1 Å². The molecule has 0 bridgehead atoms. The fraction of sp³-hybridized carbons (Fsp3) is 1.00. The molecule has 3 aliphatic rings. The standard InChI is InChI=1S/C17H32N2/c1-3-16(4-2)14-19(12-15-8-9-15)17(13-18-16)10-6-5-7-11-17/h15,18H,3-14H2,1-2H3. The van der Waals surface area contributed by atoms with E-state index in [4.69, 9.17) is 0 Å². The van der Waals surface area contributed by atoms with E-state index in [-0.39, 0.29) is 0 Å². The van der Waals surface area contributed by atoms with Crippen LogP contribution in [0.2, 0.25) is 0 Å². The fourth-order valence-electron chi connectivity index (χ4n) is 4.35. The molecule has 0 unspecified atom stereocenters. The van der Waals surface area contributed by atoms with E-state index >= 15 is 0 Å². The summed E-state index contributed by atoms with van der Waals surface area (Å²) in [6.45, 7) is 8.68. The Hall–Kier alpha value is -0.0800. The Morgan fingerprint density at radius 2 is 1.74 bits per heavy atom. The van der Waals surface area contributed by atoms with Gasteiger partial charge in [-0.15, -0.1) is 0 Å². The van der Waals surface area contributed by atoms with E-state index in [0.717, 1.165) is 5.92 Å². The minimum Gasteiger partial charge on any atom is -0.308 e. The largest absolute Gasteiger partial charge is 0.308 e. The molecule has 1 aliphatic heterocycles. The topological polar surface area (TPSA) is 15.3 Å². The first-order valence-electron chi connectivity index (χ1n) is 8.72. The molecule has 0 atom stereocenters. The van der Waals surface area contributed by atoms with Gasteiger partial charge in [-0.1, -0.05) is 33.1 Å². The Morgan fingerprint density at radius 1 is 1.05 bits per heavy atom. The maximum Gasteiger partial charge on any atom is 0.0335 e. The van der Waals surface area contributed by atoms with E-state index in [1.165, 1.54) is 77.4 Å². The van der Waals surface area contributed by atoms with Gasteiger partial charge in [0.2, 0.25) is 0 Å². The van der Waals surface area contributed by atoms with Crippen molar-refractivity contribution in [3.8, 4) is 0 Å². The lowest BCUT2D eigenvalue weighted by Gasteiger charge is -2.56. The van der Waals surface area contributed by atoms with Crippen LogP contribution in [0.15, 0.2) is 0 Å². The molecule has 3 fully saturated rings. The van der Waals surface area contributed by atoms with Gasteiger partial charge in [0.1, 0.15) is 0 Å². The maximum atomic E-state index is 3.97. The molecule has 2 aliphatic carbocycles. The maximum absolute atomic E-state index is 3.97. The number of hydrogen-bond donors (Lipinski definition) is 1. The van der Waals surface area contributed by atoms with Gasteiger partial charge in [-0.05, 0) is 44.4 Å². The second-order valence-electron chi connectivity index (χ2n) is 7.45. The highest BCUT2D eigenvalue weighted by Crippen LogP contribution is 2.41. The Balaban J connectivity index is 1.76. The highest BCUT2D eigenvalue weighted by atomic mass is 15.3. The van der Waals surface area contributed by atoms with E-state index in [2.05, 4.69) is 24.1 Å². The second kappa shape index (κ2) is 5.37.